The van der Waals surface area contributed by atoms with Gasteiger partial charge in [-0.3, -0.25) is 4.98 Å². The van der Waals surface area contributed by atoms with Crippen LogP contribution in [0.4, 0.5) is 0 Å². The zero-order chi connectivity index (χ0) is 6.97. The minimum Gasteiger partial charge on any atom is -0.261 e. The number of fused-ring (bicyclic) bond motifs is 1. The van der Waals surface area contributed by atoms with Gasteiger partial charge in [-0.05, 0) is 30.4 Å². The summed E-state index contributed by atoms with van der Waals surface area (Å²) < 4.78 is 0. The number of nitrogens with zero attached hydrogens (tertiary/aromatic N) is 1. The minimum atomic E-state index is 0.740. The largest absolute Gasteiger partial charge is 0.261 e. The molecule has 0 saturated carbocycles. The molecular weight excluding hydrogens is 122 g/mol. The average molecular weight is 133 g/mol. The lowest BCUT2D eigenvalue weighted by Gasteiger charge is -2.00. The summed E-state index contributed by atoms with van der Waals surface area (Å²) in [5, 5.41) is 0. The Hall–Kier alpha value is -0.850. The molecule has 0 N–H and O–H groups in total. The molecule has 1 unspecified atom stereocenters. The molecule has 1 nitrogen and oxygen atoms in total. The van der Waals surface area contributed by atoms with Crippen molar-refractivity contribution in [3.05, 3.63) is 29.6 Å². The van der Waals surface area contributed by atoms with E-state index in [0.29, 0.717) is 0 Å². The Bertz CT molecular complexity index is 242. The molecule has 1 heteroatoms. The van der Waals surface area contributed by atoms with E-state index in [1.165, 1.54) is 24.1 Å². The van der Waals surface area contributed by atoms with Crippen molar-refractivity contribution < 1.29 is 0 Å². The van der Waals surface area contributed by atoms with Crippen molar-refractivity contribution in [1.82, 2.24) is 4.98 Å². The van der Waals surface area contributed by atoms with Crippen molar-refractivity contribution in [2.24, 2.45) is 0 Å². The van der Waals surface area contributed by atoms with E-state index in [4.69, 9.17) is 0 Å². The molecule has 1 aromatic heterocycles. The lowest BCUT2D eigenvalue weighted by atomic mass is 10.1. The van der Waals surface area contributed by atoms with Crippen LogP contribution in [0.3, 0.4) is 0 Å². The average Bonchev–Trinajstić information content (AvgIpc) is 2.34. The zero-order valence-electron chi connectivity index (χ0n) is 6.17. The van der Waals surface area contributed by atoms with E-state index in [2.05, 4.69) is 18.0 Å². The number of aryl methyl sites for hydroxylation is 1. The van der Waals surface area contributed by atoms with Crippen molar-refractivity contribution in [2.45, 2.75) is 25.7 Å². The van der Waals surface area contributed by atoms with Crippen LogP contribution in [-0.4, -0.2) is 4.98 Å². The van der Waals surface area contributed by atoms with Crippen LogP contribution in [0.25, 0.3) is 0 Å². The van der Waals surface area contributed by atoms with E-state index >= 15 is 0 Å². The lowest BCUT2D eigenvalue weighted by molar-refractivity contribution is 0.746. The standard InChI is InChI=1S/C9H11N/c1-7-4-5-9-8(7)3-2-6-10-9/h2-3,6-7H,4-5H2,1H3. The first-order valence-corrected chi connectivity index (χ1v) is 3.81. The van der Waals surface area contributed by atoms with Crippen LogP contribution in [0.5, 0.6) is 0 Å². The van der Waals surface area contributed by atoms with Gasteiger partial charge in [-0.2, -0.15) is 0 Å². The number of hydrogen-bond donors (Lipinski definition) is 0. The smallest absolute Gasteiger partial charge is 0.0438 e. The van der Waals surface area contributed by atoms with E-state index in [1.54, 1.807) is 0 Å². The SMILES string of the molecule is CC1CCc2ncccc21. The van der Waals surface area contributed by atoms with Crippen molar-refractivity contribution in [3.63, 3.8) is 0 Å². The summed E-state index contributed by atoms with van der Waals surface area (Å²) in [6.45, 7) is 2.27. The monoisotopic (exact) mass is 133 g/mol. The van der Waals surface area contributed by atoms with E-state index in [9.17, 15) is 0 Å². The third-order valence-electron chi connectivity index (χ3n) is 2.27. The predicted octanol–water partition coefficient (Wildman–Crippen LogP) is 2.13. The van der Waals surface area contributed by atoms with Gasteiger partial charge in [0.05, 0.1) is 0 Å². The Labute approximate surface area is 61.1 Å². The molecule has 10 heavy (non-hydrogen) atoms. The van der Waals surface area contributed by atoms with Crippen LogP contribution in [0.15, 0.2) is 18.3 Å². The molecule has 0 amide bonds. The van der Waals surface area contributed by atoms with Crippen LogP contribution in [-0.2, 0) is 6.42 Å². The Kier molecular flexibility index (Phi) is 1.23. The summed E-state index contributed by atoms with van der Waals surface area (Å²) in [6.07, 6.45) is 4.35. The number of pyridine rings is 1. The van der Waals surface area contributed by atoms with Crippen LogP contribution in [0.2, 0.25) is 0 Å². The molecule has 2 rings (SSSR count). The molecule has 0 aromatic carbocycles. The van der Waals surface area contributed by atoms with Gasteiger partial charge in [0.15, 0.2) is 0 Å². The van der Waals surface area contributed by atoms with Gasteiger partial charge in [0.2, 0.25) is 0 Å². The molecule has 52 valence electrons. The van der Waals surface area contributed by atoms with E-state index in [-0.39, 0.29) is 0 Å². The summed E-state index contributed by atoms with van der Waals surface area (Å²) in [5.74, 6) is 0.740. The van der Waals surface area contributed by atoms with Crippen LogP contribution >= 0.6 is 0 Å². The molecule has 0 aliphatic heterocycles. The van der Waals surface area contributed by atoms with Gasteiger partial charge in [0, 0.05) is 11.9 Å². The first-order chi connectivity index (χ1) is 4.88. The van der Waals surface area contributed by atoms with Crippen molar-refractivity contribution >= 4 is 0 Å². The Morgan fingerprint density at radius 1 is 1.60 bits per heavy atom. The molecule has 1 aliphatic rings. The predicted molar refractivity (Wildman–Crippen MR) is 41.0 cm³/mol. The second kappa shape index (κ2) is 2.08. The van der Waals surface area contributed by atoms with Gasteiger partial charge in [0.25, 0.3) is 0 Å². The minimum absolute atomic E-state index is 0.740. The highest BCUT2D eigenvalue weighted by Crippen LogP contribution is 2.30. The van der Waals surface area contributed by atoms with Gasteiger partial charge >= 0.3 is 0 Å². The number of hydrogen-bond acceptors (Lipinski definition) is 1. The fraction of sp³-hybridized carbons (Fsp3) is 0.444. The highest BCUT2D eigenvalue weighted by Gasteiger charge is 2.17. The highest BCUT2D eigenvalue weighted by atomic mass is 14.7. The van der Waals surface area contributed by atoms with Crippen LogP contribution < -0.4 is 0 Å². The summed E-state index contributed by atoms with van der Waals surface area (Å²) in [7, 11) is 0. The third kappa shape index (κ3) is 0.737. The summed E-state index contributed by atoms with van der Waals surface area (Å²) in [4.78, 5) is 4.31. The maximum atomic E-state index is 4.31. The molecule has 0 saturated heterocycles. The molecule has 1 heterocycles. The van der Waals surface area contributed by atoms with E-state index in [1.807, 2.05) is 12.3 Å². The first-order valence-electron chi connectivity index (χ1n) is 3.81. The van der Waals surface area contributed by atoms with Crippen LogP contribution in [0, 0.1) is 0 Å². The maximum absolute atomic E-state index is 4.31. The fourth-order valence-electron chi connectivity index (χ4n) is 1.62. The van der Waals surface area contributed by atoms with Gasteiger partial charge in [0.1, 0.15) is 0 Å². The Morgan fingerprint density at radius 2 is 2.50 bits per heavy atom. The van der Waals surface area contributed by atoms with Crippen molar-refractivity contribution in [2.75, 3.05) is 0 Å². The molecular formula is C9H11N. The maximum Gasteiger partial charge on any atom is 0.0438 e. The third-order valence-corrected chi connectivity index (χ3v) is 2.27. The molecule has 1 aliphatic carbocycles. The summed E-state index contributed by atoms with van der Waals surface area (Å²) >= 11 is 0. The quantitative estimate of drug-likeness (QED) is 0.528. The van der Waals surface area contributed by atoms with Gasteiger partial charge < -0.3 is 0 Å². The Morgan fingerprint density at radius 3 is 3.30 bits per heavy atom. The van der Waals surface area contributed by atoms with Crippen molar-refractivity contribution in [3.8, 4) is 0 Å². The molecule has 0 radical (unpaired) electrons. The molecule has 1 atom stereocenters. The lowest BCUT2D eigenvalue weighted by Crippen LogP contribution is -1.86. The van der Waals surface area contributed by atoms with E-state index < -0.39 is 0 Å². The topological polar surface area (TPSA) is 12.9 Å². The summed E-state index contributed by atoms with van der Waals surface area (Å²) in [6, 6.07) is 4.22. The number of aromatic nitrogens is 1. The molecule has 0 bridgehead atoms. The second-order valence-electron chi connectivity index (χ2n) is 2.98. The van der Waals surface area contributed by atoms with Crippen LogP contribution in [0.1, 0.15) is 30.5 Å². The first kappa shape index (κ1) is 5.90. The summed E-state index contributed by atoms with van der Waals surface area (Å²) in [5.41, 5.74) is 2.78. The van der Waals surface area contributed by atoms with E-state index in [0.717, 1.165) is 5.92 Å². The zero-order valence-corrected chi connectivity index (χ0v) is 6.17. The number of rotatable bonds is 0. The highest BCUT2D eigenvalue weighted by molar-refractivity contribution is 5.28. The molecule has 0 spiro atoms. The van der Waals surface area contributed by atoms with Gasteiger partial charge in [-0.25, -0.2) is 0 Å². The molecule has 0 fully saturated rings. The fourth-order valence-corrected chi connectivity index (χ4v) is 1.62. The van der Waals surface area contributed by atoms with Gasteiger partial charge in [-0.1, -0.05) is 13.0 Å². The van der Waals surface area contributed by atoms with Crippen molar-refractivity contribution in [1.29, 1.82) is 0 Å². The Balaban J connectivity index is 2.51. The molecule has 1 aromatic rings. The van der Waals surface area contributed by atoms with Gasteiger partial charge in [-0.15, -0.1) is 0 Å². The second-order valence-corrected chi connectivity index (χ2v) is 2.98. The normalized spacial score (nSPS) is 22.7.